The highest BCUT2D eigenvalue weighted by Gasteiger charge is 2.16. The Kier molecular flexibility index (Phi) is 5.47. The summed E-state index contributed by atoms with van der Waals surface area (Å²) in [5.74, 6) is -1.08. The topological polar surface area (TPSA) is 87.4 Å². The monoisotopic (exact) mass is 330 g/mol. The minimum atomic E-state index is -0.670. The summed E-state index contributed by atoms with van der Waals surface area (Å²) >= 11 is 0. The molecule has 24 heavy (non-hydrogen) atoms. The summed E-state index contributed by atoms with van der Waals surface area (Å²) in [7, 11) is 0. The van der Waals surface area contributed by atoms with Crippen LogP contribution in [0.1, 0.15) is 29.8 Å². The third-order valence-corrected chi connectivity index (χ3v) is 3.40. The molecule has 0 amide bonds. The van der Waals surface area contributed by atoms with Gasteiger partial charge >= 0.3 is 11.7 Å². The van der Waals surface area contributed by atoms with E-state index in [1.807, 2.05) is 6.07 Å². The lowest BCUT2D eigenvalue weighted by Gasteiger charge is -2.12. The molecular weight excluding hydrogens is 312 g/mol. The maximum absolute atomic E-state index is 12.5. The molecule has 0 N–H and O–H groups in total. The Morgan fingerprint density at radius 3 is 2.38 bits per heavy atom. The number of carbonyl (C=O) groups excluding carboxylic acids is 2. The zero-order valence-electron chi connectivity index (χ0n) is 13.5. The van der Waals surface area contributed by atoms with E-state index in [0.29, 0.717) is 0 Å². The average Bonchev–Trinajstić information content (AvgIpc) is 2.55. The highest BCUT2D eigenvalue weighted by molar-refractivity contribution is 5.93. The quantitative estimate of drug-likeness (QED) is 0.578. The number of esters is 1. The second-order valence-corrected chi connectivity index (χ2v) is 5.19. The molecule has 1 heterocycles. The van der Waals surface area contributed by atoms with Gasteiger partial charge in [-0.1, -0.05) is 30.3 Å². The Labute approximate surface area is 138 Å². The van der Waals surface area contributed by atoms with Crippen LogP contribution in [0.5, 0.6) is 0 Å². The van der Waals surface area contributed by atoms with Crippen molar-refractivity contribution in [2.24, 2.45) is 0 Å². The summed E-state index contributed by atoms with van der Waals surface area (Å²) in [6, 6.07) is 8.92. The summed E-state index contributed by atoms with van der Waals surface area (Å²) in [5, 5.41) is 0. The van der Waals surface area contributed by atoms with Gasteiger partial charge in [-0.15, -0.1) is 0 Å². The van der Waals surface area contributed by atoms with Crippen LogP contribution in [0.25, 0.3) is 0 Å². The maximum Gasteiger partial charge on any atom is 0.331 e. The van der Waals surface area contributed by atoms with Gasteiger partial charge in [0.1, 0.15) is 6.54 Å². The van der Waals surface area contributed by atoms with Crippen LogP contribution >= 0.6 is 0 Å². The van der Waals surface area contributed by atoms with Crippen LogP contribution in [0.4, 0.5) is 0 Å². The minimum Gasteiger partial charge on any atom is -0.465 e. The fourth-order valence-corrected chi connectivity index (χ4v) is 2.26. The molecule has 0 spiro atoms. The molecule has 0 radical (unpaired) electrons. The normalized spacial score (nSPS) is 10.4. The summed E-state index contributed by atoms with van der Waals surface area (Å²) in [4.78, 5) is 48.3. The van der Waals surface area contributed by atoms with Gasteiger partial charge in [0.25, 0.3) is 5.56 Å². The van der Waals surface area contributed by atoms with E-state index >= 15 is 0 Å². The van der Waals surface area contributed by atoms with Gasteiger partial charge in [0.15, 0.2) is 5.78 Å². The molecule has 2 rings (SSSR count). The first-order valence-electron chi connectivity index (χ1n) is 7.48. The van der Waals surface area contributed by atoms with Gasteiger partial charge in [-0.05, 0) is 19.4 Å². The van der Waals surface area contributed by atoms with Gasteiger partial charge in [-0.2, -0.15) is 0 Å². The fraction of sp³-hybridized carbons (Fsp3) is 0.294. The number of Topliss-reactive ketones (excluding diaryl/α,β-unsaturated/α-hetero) is 1. The lowest BCUT2D eigenvalue weighted by molar-refractivity contribution is -0.143. The number of carbonyl (C=O) groups is 2. The Morgan fingerprint density at radius 1 is 1.12 bits per heavy atom. The molecule has 7 nitrogen and oxygen atoms in total. The predicted molar refractivity (Wildman–Crippen MR) is 87.1 cm³/mol. The molecule has 1 aromatic carbocycles. The number of nitrogens with zero attached hydrogens (tertiary/aromatic N) is 2. The first kappa shape index (κ1) is 17.4. The highest BCUT2D eigenvalue weighted by atomic mass is 16.5. The van der Waals surface area contributed by atoms with Crippen molar-refractivity contribution in [3.8, 4) is 0 Å². The molecule has 0 aliphatic carbocycles. The van der Waals surface area contributed by atoms with Gasteiger partial charge in [0, 0.05) is 6.20 Å². The van der Waals surface area contributed by atoms with E-state index in [4.69, 9.17) is 4.74 Å². The third-order valence-electron chi connectivity index (χ3n) is 3.40. The lowest BCUT2D eigenvalue weighted by atomic mass is 10.2. The highest BCUT2D eigenvalue weighted by Crippen LogP contribution is 2.00. The average molecular weight is 330 g/mol. The zero-order valence-corrected chi connectivity index (χ0v) is 13.5. The molecular formula is C17H18N2O5. The lowest BCUT2D eigenvalue weighted by Crippen LogP contribution is -2.43. The predicted octanol–water partition coefficient (Wildman–Crippen LogP) is 0.824. The van der Waals surface area contributed by atoms with Crippen molar-refractivity contribution in [3.05, 3.63) is 68.5 Å². The standard InChI is InChI=1S/C17H18N2O5/c1-3-24-15(21)11-18-10-14(12(2)20)16(22)19(17(18)23)9-13-7-5-4-6-8-13/h4-8,10H,3,9,11H2,1-2H3. The van der Waals surface area contributed by atoms with E-state index < -0.39 is 23.0 Å². The molecule has 0 aliphatic rings. The van der Waals surface area contributed by atoms with E-state index in [-0.39, 0.29) is 25.3 Å². The van der Waals surface area contributed by atoms with Gasteiger partial charge in [-0.25, -0.2) is 4.79 Å². The van der Waals surface area contributed by atoms with Crippen molar-refractivity contribution < 1.29 is 14.3 Å². The van der Waals surface area contributed by atoms with E-state index in [0.717, 1.165) is 20.9 Å². The van der Waals surface area contributed by atoms with Crippen molar-refractivity contribution in [3.63, 3.8) is 0 Å². The van der Waals surface area contributed by atoms with Gasteiger partial charge in [-0.3, -0.25) is 23.5 Å². The van der Waals surface area contributed by atoms with Crippen LogP contribution in [0.2, 0.25) is 0 Å². The zero-order chi connectivity index (χ0) is 17.7. The fourth-order valence-electron chi connectivity index (χ4n) is 2.26. The second-order valence-electron chi connectivity index (χ2n) is 5.19. The van der Waals surface area contributed by atoms with Crippen LogP contribution in [0.15, 0.2) is 46.1 Å². The molecule has 2 aromatic rings. The molecule has 7 heteroatoms. The van der Waals surface area contributed by atoms with Crippen molar-refractivity contribution in [1.29, 1.82) is 0 Å². The van der Waals surface area contributed by atoms with E-state index in [9.17, 15) is 19.2 Å². The SMILES string of the molecule is CCOC(=O)Cn1cc(C(C)=O)c(=O)n(Cc2ccccc2)c1=O. The number of rotatable bonds is 6. The number of hydrogen-bond acceptors (Lipinski definition) is 5. The summed E-state index contributed by atoms with van der Waals surface area (Å²) in [6.45, 7) is 2.72. The number of ketones is 1. The molecule has 0 atom stereocenters. The van der Waals surface area contributed by atoms with Gasteiger partial charge in [0.05, 0.1) is 18.7 Å². The number of benzene rings is 1. The Hall–Kier alpha value is -2.96. The first-order chi connectivity index (χ1) is 11.4. The van der Waals surface area contributed by atoms with Crippen molar-refractivity contribution in [2.45, 2.75) is 26.9 Å². The van der Waals surface area contributed by atoms with Crippen LogP contribution in [0.3, 0.4) is 0 Å². The smallest absolute Gasteiger partial charge is 0.331 e. The minimum absolute atomic E-state index is 0.0163. The molecule has 0 unspecified atom stereocenters. The molecule has 0 aliphatic heterocycles. The Bertz CT molecular complexity index is 865. The molecule has 0 fully saturated rings. The largest absolute Gasteiger partial charge is 0.465 e. The summed E-state index contributed by atoms with van der Waals surface area (Å²) in [6.07, 6.45) is 1.12. The van der Waals surface area contributed by atoms with Crippen LogP contribution in [-0.2, 0) is 22.6 Å². The third kappa shape index (κ3) is 3.87. The number of aromatic nitrogens is 2. The van der Waals surface area contributed by atoms with Crippen LogP contribution in [0, 0.1) is 0 Å². The Morgan fingerprint density at radius 2 is 1.79 bits per heavy atom. The molecule has 0 saturated heterocycles. The van der Waals surface area contributed by atoms with Crippen molar-refractivity contribution >= 4 is 11.8 Å². The molecule has 0 bridgehead atoms. The van der Waals surface area contributed by atoms with Crippen molar-refractivity contribution in [2.75, 3.05) is 6.61 Å². The molecule has 1 aromatic heterocycles. The first-order valence-corrected chi connectivity index (χ1v) is 7.48. The number of ether oxygens (including phenoxy) is 1. The van der Waals surface area contributed by atoms with Gasteiger partial charge < -0.3 is 4.74 Å². The van der Waals surface area contributed by atoms with Gasteiger partial charge in [0.2, 0.25) is 0 Å². The second kappa shape index (κ2) is 7.54. The van der Waals surface area contributed by atoms with E-state index in [1.165, 1.54) is 6.92 Å². The summed E-state index contributed by atoms with van der Waals surface area (Å²) in [5.41, 5.74) is -0.742. The Balaban J connectivity index is 2.54. The summed E-state index contributed by atoms with van der Waals surface area (Å²) < 4.78 is 6.80. The van der Waals surface area contributed by atoms with Crippen LogP contribution in [-0.4, -0.2) is 27.5 Å². The van der Waals surface area contributed by atoms with Crippen molar-refractivity contribution in [1.82, 2.24) is 9.13 Å². The number of hydrogen-bond donors (Lipinski definition) is 0. The molecule has 0 saturated carbocycles. The molecule has 126 valence electrons. The van der Waals surface area contributed by atoms with E-state index in [2.05, 4.69) is 0 Å². The van der Waals surface area contributed by atoms with Crippen LogP contribution < -0.4 is 11.2 Å². The van der Waals surface area contributed by atoms with E-state index in [1.54, 1.807) is 31.2 Å². The maximum atomic E-state index is 12.5.